The van der Waals surface area contributed by atoms with E-state index in [9.17, 15) is 9.59 Å². The van der Waals surface area contributed by atoms with Crippen molar-refractivity contribution in [2.45, 2.75) is 6.92 Å². The molecule has 8 nitrogen and oxygen atoms in total. The number of benzene rings is 1. The Hall–Kier alpha value is -2.57. The third-order valence-corrected chi connectivity index (χ3v) is 2.44. The zero-order valence-corrected chi connectivity index (χ0v) is 11.7. The molecule has 0 aliphatic heterocycles. The Balaban J connectivity index is 2.21. The molecule has 0 aliphatic rings. The van der Waals surface area contributed by atoms with Crippen LogP contribution in [-0.2, 0) is 9.53 Å². The van der Waals surface area contributed by atoms with Crippen LogP contribution in [0, 0.1) is 0 Å². The van der Waals surface area contributed by atoms with E-state index in [1.165, 1.54) is 6.92 Å². The Morgan fingerprint density at radius 1 is 1.19 bits per heavy atom. The average molecular weight is 291 g/mol. The van der Waals surface area contributed by atoms with Crippen LogP contribution in [0.4, 0.5) is 5.69 Å². The van der Waals surface area contributed by atoms with Gasteiger partial charge in [-0.05, 0) is 17.7 Å². The molecule has 2 amide bonds. The van der Waals surface area contributed by atoms with E-state index >= 15 is 0 Å². The maximum absolute atomic E-state index is 11.8. The second-order valence-corrected chi connectivity index (χ2v) is 4.09. The number of carbonyl (C=O) groups excluding carboxylic acids is 2. The van der Waals surface area contributed by atoms with Crippen LogP contribution in [0.25, 0.3) is 10.4 Å². The molecule has 0 aliphatic carbocycles. The van der Waals surface area contributed by atoms with Gasteiger partial charge in [-0.25, -0.2) is 0 Å². The SMILES string of the molecule is CC(=O)NCCOCCNC(=O)c1ccc(N=[N+]=[N-])cc1. The summed E-state index contributed by atoms with van der Waals surface area (Å²) in [5.74, 6) is -0.330. The summed E-state index contributed by atoms with van der Waals surface area (Å²) < 4.78 is 5.24. The van der Waals surface area contributed by atoms with Gasteiger partial charge in [-0.2, -0.15) is 0 Å². The molecular formula is C13H17N5O3. The van der Waals surface area contributed by atoms with E-state index in [0.29, 0.717) is 37.6 Å². The van der Waals surface area contributed by atoms with Crippen molar-refractivity contribution in [1.82, 2.24) is 10.6 Å². The number of nitrogens with one attached hydrogen (secondary N) is 2. The molecule has 0 saturated carbocycles. The van der Waals surface area contributed by atoms with E-state index in [1.807, 2.05) is 0 Å². The molecule has 0 fully saturated rings. The van der Waals surface area contributed by atoms with Crippen molar-refractivity contribution in [2.75, 3.05) is 26.3 Å². The lowest BCUT2D eigenvalue weighted by Crippen LogP contribution is -2.29. The number of ether oxygens (including phenoxy) is 1. The first-order valence-corrected chi connectivity index (χ1v) is 6.39. The molecule has 112 valence electrons. The van der Waals surface area contributed by atoms with Crippen molar-refractivity contribution >= 4 is 17.5 Å². The average Bonchev–Trinajstić information content (AvgIpc) is 2.47. The van der Waals surface area contributed by atoms with Crippen LogP contribution in [0.15, 0.2) is 29.4 Å². The summed E-state index contributed by atoms with van der Waals surface area (Å²) in [6.07, 6.45) is 0. The Bertz CT molecular complexity index is 523. The molecule has 0 unspecified atom stereocenters. The van der Waals surface area contributed by atoms with Gasteiger partial charge in [0, 0.05) is 36.2 Å². The van der Waals surface area contributed by atoms with Crippen LogP contribution < -0.4 is 10.6 Å². The number of hydrogen-bond donors (Lipinski definition) is 2. The van der Waals surface area contributed by atoms with Crippen molar-refractivity contribution < 1.29 is 14.3 Å². The van der Waals surface area contributed by atoms with Crippen molar-refractivity contribution in [3.05, 3.63) is 40.3 Å². The molecule has 1 rings (SSSR count). The Morgan fingerprint density at radius 2 is 1.81 bits per heavy atom. The van der Waals surface area contributed by atoms with Gasteiger partial charge in [0.05, 0.1) is 13.2 Å². The van der Waals surface area contributed by atoms with Crippen LogP contribution in [-0.4, -0.2) is 38.1 Å². The smallest absolute Gasteiger partial charge is 0.251 e. The van der Waals surface area contributed by atoms with E-state index < -0.39 is 0 Å². The minimum atomic E-state index is -0.229. The molecule has 0 aromatic heterocycles. The minimum Gasteiger partial charge on any atom is -0.378 e. The normalized spacial score (nSPS) is 9.57. The summed E-state index contributed by atoms with van der Waals surface area (Å²) in [5.41, 5.74) is 9.21. The number of azide groups is 1. The van der Waals surface area contributed by atoms with Gasteiger partial charge in [0.25, 0.3) is 5.91 Å². The summed E-state index contributed by atoms with van der Waals surface area (Å²) in [6.45, 7) is 3.02. The number of hydrogen-bond acceptors (Lipinski definition) is 4. The quantitative estimate of drug-likeness (QED) is 0.327. The van der Waals surface area contributed by atoms with Gasteiger partial charge in [-0.3, -0.25) is 9.59 Å². The molecule has 0 bridgehead atoms. The van der Waals surface area contributed by atoms with Crippen LogP contribution in [0.5, 0.6) is 0 Å². The first-order chi connectivity index (χ1) is 10.1. The van der Waals surface area contributed by atoms with Gasteiger partial charge in [0.15, 0.2) is 0 Å². The van der Waals surface area contributed by atoms with Crippen molar-refractivity contribution in [3.8, 4) is 0 Å². The highest BCUT2D eigenvalue weighted by Gasteiger charge is 2.04. The molecule has 1 aromatic carbocycles. The molecule has 0 saturated heterocycles. The van der Waals surface area contributed by atoms with Gasteiger partial charge < -0.3 is 15.4 Å². The Kier molecular flexibility index (Phi) is 7.34. The lowest BCUT2D eigenvalue weighted by molar-refractivity contribution is -0.119. The maximum atomic E-state index is 11.8. The van der Waals surface area contributed by atoms with Crippen molar-refractivity contribution in [2.24, 2.45) is 5.11 Å². The maximum Gasteiger partial charge on any atom is 0.251 e. The molecule has 2 N–H and O–H groups in total. The molecule has 21 heavy (non-hydrogen) atoms. The summed E-state index contributed by atoms with van der Waals surface area (Å²) >= 11 is 0. The van der Waals surface area contributed by atoms with E-state index in [-0.39, 0.29) is 11.8 Å². The Labute approximate surface area is 122 Å². The number of nitrogens with zero attached hydrogens (tertiary/aromatic N) is 3. The van der Waals surface area contributed by atoms with Crippen LogP contribution >= 0.6 is 0 Å². The van der Waals surface area contributed by atoms with Crippen molar-refractivity contribution in [1.29, 1.82) is 0 Å². The summed E-state index contributed by atoms with van der Waals surface area (Å²) in [4.78, 5) is 25.0. The highest BCUT2D eigenvalue weighted by Crippen LogP contribution is 2.12. The highest BCUT2D eigenvalue weighted by atomic mass is 16.5. The highest BCUT2D eigenvalue weighted by molar-refractivity contribution is 5.94. The number of carbonyl (C=O) groups is 2. The standard InChI is InChI=1S/C13H17N5O3/c1-10(19)15-6-8-21-9-7-16-13(20)11-2-4-12(5-3-11)17-18-14/h2-5H,6-9H2,1H3,(H,15,19)(H,16,20). The lowest BCUT2D eigenvalue weighted by atomic mass is 10.2. The largest absolute Gasteiger partial charge is 0.378 e. The van der Waals surface area contributed by atoms with Crippen LogP contribution in [0.3, 0.4) is 0 Å². The van der Waals surface area contributed by atoms with Gasteiger partial charge in [0.2, 0.25) is 5.91 Å². The van der Waals surface area contributed by atoms with E-state index in [2.05, 4.69) is 20.7 Å². The molecule has 0 spiro atoms. The fourth-order valence-electron chi connectivity index (χ4n) is 1.47. The zero-order chi connectivity index (χ0) is 15.5. The van der Waals surface area contributed by atoms with Crippen LogP contribution in [0.2, 0.25) is 0 Å². The molecule has 1 aromatic rings. The Morgan fingerprint density at radius 3 is 2.38 bits per heavy atom. The predicted octanol–water partition coefficient (Wildman–Crippen LogP) is 1.51. The monoisotopic (exact) mass is 291 g/mol. The minimum absolute atomic E-state index is 0.101. The molecule has 0 heterocycles. The van der Waals surface area contributed by atoms with Gasteiger partial charge in [0.1, 0.15) is 0 Å². The van der Waals surface area contributed by atoms with E-state index in [4.69, 9.17) is 10.3 Å². The molecule has 0 radical (unpaired) electrons. The number of amides is 2. The fourth-order valence-corrected chi connectivity index (χ4v) is 1.47. The number of rotatable bonds is 8. The fraction of sp³-hybridized carbons (Fsp3) is 0.385. The second kappa shape index (κ2) is 9.35. The summed E-state index contributed by atoms with van der Waals surface area (Å²) in [6, 6.07) is 6.30. The van der Waals surface area contributed by atoms with Crippen LogP contribution in [0.1, 0.15) is 17.3 Å². The predicted molar refractivity (Wildman–Crippen MR) is 77.1 cm³/mol. The van der Waals surface area contributed by atoms with E-state index in [1.54, 1.807) is 24.3 Å². The van der Waals surface area contributed by atoms with Gasteiger partial charge in [-0.1, -0.05) is 17.2 Å². The van der Waals surface area contributed by atoms with Gasteiger partial charge >= 0.3 is 0 Å². The third-order valence-electron chi connectivity index (χ3n) is 2.44. The first kappa shape index (κ1) is 16.5. The second-order valence-electron chi connectivity index (χ2n) is 4.09. The molecule has 8 heteroatoms. The molecular weight excluding hydrogens is 274 g/mol. The van der Waals surface area contributed by atoms with E-state index in [0.717, 1.165) is 0 Å². The lowest BCUT2D eigenvalue weighted by Gasteiger charge is -2.07. The zero-order valence-electron chi connectivity index (χ0n) is 11.7. The van der Waals surface area contributed by atoms with Crippen molar-refractivity contribution in [3.63, 3.8) is 0 Å². The third kappa shape index (κ3) is 6.95. The first-order valence-electron chi connectivity index (χ1n) is 6.39. The summed E-state index contributed by atoms with van der Waals surface area (Å²) in [7, 11) is 0. The topological polar surface area (TPSA) is 116 Å². The summed E-state index contributed by atoms with van der Waals surface area (Å²) in [5, 5.41) is 8.72. The van der Waals surface area contributed by atoms with Gasteiger partial charge in [-0.15, -0.1) is 0 Å². The molecule has 0 atom stereocenters.